The van der Waals surface area contributed by atoms with Gasteiger partial charge in [-0.25, -0.2) is 0 Å². The zero-order valence-electron chi connectivity index (χ0n) is 12.9. The van der Waals surface area contributed by atoms with Crippen molar-refractivity contribution in [3.05, 3.63) is 34.9 Å². The van der Waals surface area contributed by atoms with E-state index in [1.54, 1.807) is 0 Å². The van der Waals surface area contributed by atoms with Gasteiger partial charge in [0.1, 0.15) is 5.78 Å². The summed E-state index contributed by atoms with van der Waals surface area (Å²) < 4.78 is 0. The summed E-state index contributed by atoms with van der Waals surface area (Å²) in [7, 11) is 0. The minimum atomic E-state index is -0.256. The Morgan fingerprint density at radius 1 is 1.05 bits per heavy atom. The van der Waals surface area contributed by atoms with Crippen LogP contribution < -0.4 is 5.73 Å². The van der Waals surface area contributed by atoms with Gasteiger partial charge in [-0.1, -0.05) is 55.0 Å². The molecular formula is C18H27NO. The summed E-state index contributed by atoms with van der Waals surface area (Å²) in [5, 5.41) is 0. The number of rotatable bonds is 4. The molecule has 0 aliphatic heterocycles. The summed E-state index contributed by atoms with van der Waals surface area (Å²) in [5.74, 6) is 0.354. The fourth-order valence-corrected chi connectivity index (χ4v) is 3.55. The van der Waals surface area contributed by atoms with Crippen molar-refractivity contribution in [2.45, 2.75) is 58.8 Å². The molecule has 2 heteroatoms. The summed E-state index contributed by atoms with van der Waals surface area (Å²) in [6.45, 7) is 4.69. The maximum atomic E-state index is 12.8. The van der Waals surface area contributed by atoms with Gasteiger partial charge >= 0.3 is 0 Å². The summed E-state index contributed by atoms with van der Waals surface area (Å²) in [4.78, 5) is 12.8. The Morgan fingerprint density at radius 2 is 1.60 bits per heavy atom. The first-order valence-corrected chi connectivity index (χ1v) is 7.86. The molecule has 1 aliphatic carbocycles. The highest BCUT2D eigenvalue weighted by Gasteiger charge is 2.36. The van der Waals surface area contributed by atoms with Gasteiger partial charge in [-0.3, -0.25) is 4.79 Å². The van der Waals surface area contributed by atoms with E-state index in [9.17, 15) is 4.79 Å². The molecule has 0 spiro atoms. The standard InChI is InChI=1S/C18H27NO/c1-14-9-15(2)11-16(10-14)12-17(20)18(13-19)7-5-3-4-6-8-18/h9-11H,3-8,12-13,19H2,1-2H3. The molecule has 0 amide bonds. The van der Waals surface area contributed by atoms with Crippen molar-refractivity contribution in [2.75, 3.05) is 6.54 Å². The molecule has 2 rings (SSSR count). The highest BCUT2D eigenvalue weighted by Crippen LogP contribution is 2.36. The number of aryl methyl sites for hydroxylation is 2. The van der Waals surface area contributed by atoms with Crippen molar-refractivity contribution in [3.63, 3.8) is 0 Å². The van der Waals surface area contributed by atoms with Gasteiger partial charge < -0.3 is 5.73 Å². The van der Waals surface area contributed by atoms with Gasteiger partial charge in [-0.05, 0) is 32.3 Å². The molecule has 110 valence electrons. The Morgan fingerprint density at radius 3 is 2.10 bits per heavy atom. The predicted molar refractivity (Wildman–Crippen MR) is 83.8 cm³/mol. The number of carbonyl (C=O) groups excluding carboxylic acids is 1. The lowest BCUT2D eigenvalue weighted by Crippen LogP contribution is -2.39. The minimum absolute atomic E-state index is 0.256. The van der Waals surface area contributed by atoms with E-state index in [4.69, 9.17) is 5.73 Å². The molecule has 2 N–H and O–H groups in total. The topological polar surface area (TPSA) is 43.1 Å². The normalized spacial score (nSPS) is 18.6. The molecule has 0 bridgehead atoms. The molecule has 1 aliphatic rings. The molecule has 0 atom stereocenters. The van der Waals surface area contributed by atoms with E-state index in [2.05, 4.69) is 32.0 Å². The van der Waals surface area contributed by atoms with Crippen molar-refractivity contribution in [1.29, 1.82) is 0 Å². The second-order valence-electron chi connectivity index (χ2n) is 6.49. The molecule has 1 fully saturated rings. The highest BCUT2D eigenvalue weighted by molar-refractivity contribution is 5.87. The quantitative estimate of drug-likeness (QED) is 0.850. The van der Waals surface area contributed by atoms with E-state index in [1.165, 1.54) is 24.0 Å². The Balaban J connectivity index is 2.16. The molecule has 1 aromatic rings. The number of Topliss-reactive ketones (excluding diaryl/α,β-unsaturated/α-hetero) is 1. The van der Waals surface area contributed by atoms with E-state index in [-0.39, 0.29) is 5.41 Å². The molecule has 0 heterocycles. The number of ketones is 1. The van der Waals surface area contributed by atoms with Crippen LogP contribution in [0.25, 0.3) is 0 Å². The lowest BCUT2D eigenvalue weighted by Gasteiger charge is -2.30. The summed E-state index contributed by atoms with van der Waals surface area (Å²) in [6.07, 6.45) is 7.29. The second kappa shape index (κ2) is 6.53. The molecule has 1 saturated carbocycles. The lowest BCUT2D eigenvalue weighted by atomic mass is 9.74. The third kappa shape index (κ3) is 3.49. The monoisotopic (exact) mass is 273 g/mol. The first kappa shape index (κ1) is 15.2. The number of nitrogens with two attached hydrogens (primary N) is 1. The van der Waals surface area contributed by atoms with E-state index < -0.39 is 0 Å². The van der Waals surface area contributed by atoms with Crippen LogP contribution in [0.3, 0.4) is 0 Å². The Kier molecular flexibility index (Phi) is 4.98. The third-order valence-corrected chi connectivity index (χ3v) is 4.69. The first-order valence-electron chi connectivity index (χ1n) is 7.86. The Labute approximate surface area is 122 Å². The maximum absolute atomic E-state index is 12.8. The van der Waals surface area contributed by atoms with Crippen LogP contribution in [0, 0.1) is 19.3 Å². The summed E-state index contributed by atoms with van der Waals surface area (Å²) in [5.41, 5.74) is 9.35. The average molecular weight is 273 g/mol. The minimum Gasteiger partial charge on any atom is -0.329 e. The maximum Gasteiger partial charge on any atom is 0.144 e. The van der Waals surface area contributed by atoms with E-state index in [0.29, 0.717) is 18.7 Å². The van der Waals surface area contributed by atoms with Gasteiger partial charge in [-0.2, -0.15) is 0 Å². The Bertz CT molecular complexity index is 450. The van der Waals surface area contributed by atoms with Crippen LogP contribution in [0.2, 0.25) is 0 Å². The van der Waals surface area contributed by atoms with Gasteiger partial charge in [-0.15, -0.1) is 0 Å². The van der Waals surface area contributed by atoms with Crippen LogP contribution in [0.1, 0.15) is 55.2 Å². The van der Waals surface area contributed by atoms with Gasteiger partial charge in [0.25, 0.3) is 0 Å². The van der Waals surface area contributed by atoms with Crippen LogP contribution in [0.5, 0.6) is 0 Å². The summed E-state index contributed by atoms with van der Waals surface area (Å²) in [6, 6.07) is 6.41. The number of benzene rings is 1. The molecule has 0 aromatic heterocycles. The van der Waals surface area contributed by atoms with Crippen molar-refractivity contribution in [1.82, 2.24) is 0 Å². The van der Waals surface area contributed by atoms with Gasteiger partial charge in [0.05, 0.1) is 0 Å². The van der Waals surface area contributed by atoms with Crippen molar-refractivity contribution < 1.29 is 4.79 Å². The predicted octanol–water partition coefficient (Wildman–Crippen LogP) is 3.71. The first-order chi connectivity index (χ1) is 9.55. The fourth-order valence-electron chi connectivity index (χ4n) is 3.55. The molecule has 0 saturated heterocycles. The van der Waals surface area contributed by atoms with Crippen LogP contribution in [0.15, 0.2) is 18.2 Å². The molecule has 1 aromatic carbocycles. The highest BCUT2D eigenvalue weighted by atomic mass is 16.1. The van der Waals surface area contributed by atoms with Gasteiger partial charge in [0.15, 0.2) is 0 Å². The van der Waals surface area contributed by atoms with Crippen LogP contribution in [0.4, 0.5) is 0 Å². The third-order valence-electron chi connectivity index (χ3n) is 4.69. The van der Waals surface area contributed by atoms with E-state index >= 15 is 0 Å². The van der Waals surface area contributed by atoms with Crippen molar-refractivity contribution in [3.8, 4) is 0 Å². The van der Waals surface area contributed by atoms with Gasteiger partial charge in [0.2, 0.25) is 0 Å². The number of hydrogen-bond donors (Lipinski definition) is 1. The average Bonchev–Trinajstić information content (AvgIpc) is 2.63. The van der Waals surface area contributed by atoms with Crippen LogP contribution in [-0.2, 0) is 11.2 Å². The van der Waals surface area contributed by atoms with E-state index in [0.717, 1.165) is 31.2 Å². The second-order valence-corrected chi connectivity index (χ2v) is 6.49. The lowest BCUT2D eigenvalue weighted by molar-refractivity contribution is -0.128. The zero-order chi connectivity index (χ0) is 14.6. The van der Waals surface area contributed by atoms with E-state index in [1.807, 2.05) is 0 Å². The van der Waals surface area contributed by atoms with Crippen LogP contribution >= 0.6 is 0 Å². The smallest absolute Gasteiger partial charge is 0.144 e. The van der Waals surface area contributed by atoms with Crippen molar-refractivity contribution >= 4 is 5.78 Å². The molecule has 2 nitrogen and oxygen atoms in total. The summed E-state index contributed by atoms with van der Waals surface area (Å²) >= 11 is 0. The molecule has 20 heavy (non-hydrogen) atoms. The van der Waals surface area contributed by atoms with Gasteiger partial charge in [0, 0.05) is 18.4 Å². The SMILES string of the molecule is Cc1cc(C)cc(CC(=O)C2(CN)CCCCCC2)c1. The molecule has 0 unspecified atom stereocenters. The van der Waals surface area contributed by atoms with Crippen LogP contribution in [-0.4, -0.2) is 12.3 Å². The van der Waals surface area contributed by atoms with Crippen molar-refractivity contribution in [2.24, 2.45) is 11.1 Å². The number of hydrogen-bond acceptors (Lipinski definition) is 2. The number of carbonyl (C=O) groups is 1. The molecule has 0 radical (unpaired) electrons. The largest absolute Gasteiger partial charge is 0.329 e. The Hall–Kier alpha value is -1.15. The molecular weight excluding hydrogens is 246 g/mol. The fraction of sp³-hybridized carbons (Fsp3) is 0.611. The zero-order valence-corrected chi connectivity index (χ0v) is 12.9.